The van der Waals surface area contributed by atoms with Crippen molar-refractivity contribution in [3.05, 3.63) is 106 Å². The maximum atomic E-state index is 14.9. The third-order valence-corrected chi connectivity index (χ3v) is 6.87. The summed E-state index contributed by atoms with van der Waals surface area (Å²) >= 11 is 6.21. The number of rotatable bonds is 10. The zero-order valence-corrected chi connectivity index (χ0v) is 22.0. The van der Waals surface area contributed by atoms with Crippen LogP contribution in [0.5, 0.6) is 0 Å². The maximum absolute atomic E-state index is 14.9. The Hall–Kier alpha value is -3.84. The van der Waals surface area contributed by atoms with E-state index in [4.69, 9.17) is 16.7 Å². The Balaban J connectivity index is 1.79. The van der Waals surface area contributed by atoms with Crippen molar-refractivity contribution in [2.24, 2.45) is 0 Å². The number of carbonyl (C=O) groups excluding carboxylic acids is 1. The molecular weight excluding hydrogens is 505 g/mol. The van der Waals surface area contributed by atoms with Gasteiger partial charge in [-0.2, -0.15) is 0 Å². The number of aryl methyl sites for hydroxylation is 1. The molecule has 38 heavy (non-hydrogen) atoms. The van der Waals surface area contributed by atoms with E-state index in [2.05, 4.69) is 22.2 Å². The molecule has 4 rings (SSSR count). The number of benzene rings is 3. The van der Waals surface area contributed by atoms with Crippen molar-refractivity contribution in [2.75, 3.05) is 6.54 Å². The van der Waals surface area contributed by atoms with E-state index in [-0.39, 0.29) is 42.0 Å². The first-order valence-corrected chi connectivity index (χ1v) is 12.9. The first-order valence-electron chi connectivity index (χ1n) is 12.5. The van der Waals surface area contributed by atoms with E-state index in [1.807, 2.05) is 49.4 Å². The van der Waals surface area contributed by atoms with Crippen molar-refractivity contribution in [3.63, 3.8) is 0 Å². The number of aliphatic carboxylic acids is 1. The number of nitrogens with one attached hydrogen (secondary N) is 1. The number of fused-ring (bicyclic) bond motifs is 1. The fraction of sp³-hybridized carbons (Fsp3) is 0.267. The van der Waals surface area contributed by atoms with Crippen LogP contribution in [0, 0.1) is 12.7 Å². The molecule has 3 aromatic carbocycles. The average Bonchev–Trinajstić information content (AvgIpc) is 2.89. The minimum Gasteiger partial charge on any atom is -0.481 e. The highest BCUT2D eigenvalue weighted by Crippen LogP contribution is 2.43. The van der Waals surface area contributed by atoms with Gasteiger partial charge in [-0.25, -0.2) is 14.4 Å². The summed E-state index contributed by atoms with van der Waals surface area (Å²) in [7, 11) is 0. The number of nitrogens with zero attached hydrogens (tertiary/aromatic N) is 2. The van der Waals surface area contributed by atoms with Gasteiger partial charge in [-0.1, -0.05) is 49.2 Å². The van der Waals surface area contributed by atoms with Gasteiger partial charge in [0.1, 0.15) is 17.7 Å². The topological polar surface area (TPSA) is 92.2 Å². The Morgan fingerprint density at radius 1 is 1.03 bits per heavy atom. The lowest BCUT2D eigenvalue weighted by atomic mass is 9.76. The second kappa shape index (κ2) is 12.1. The van der Waals surface area contributed by atoms with E-state index >= 15 is 0 Å². The minimum atomic E-state index is -0.969. The molecule has 2 N–H and O–H groups in total. The Bertz CT molecular complexity index is 1440. The number of aromatic nitrogens is 2. The van der Waals surface area contributed by atoms with Gasteiger partial charge in [0.05, 0.1) is 12.1 Å². The first-order chi connectivity index (χ1) is 18.3. The molecule has 1 unspecified atom stereocenters. The summed E-state index contributed by atoms with van der Waals surface area (Å²) in [6, 6.07) is 18.3. The molecule has 1 aromatic heterocycles. The lowest BCUT2D eigenvalue weighted by molar-refractivity contribution is -0.136. The highest BCUT2D eigenvalue weighted by atomic mass is 35.5. The van der Waals surface area contributed by atoms with Crippen LogP contribution >= 0.6 is 11.6 Å². The van der Waals surface area contributed by atoms with Crippen LogP contribution in [-0.4, -0.2) is 33.5 Å². The summed E-state index contributed by atoms with van der Waals surface area (Å²) in [5, 5.41) is 12.7. The molecular formula is C30H29ClFN3O3. The lowest BCUT2D eigenvalue weighted by Gasteiger charge is -2.29. The third kappa shape index (κ3) is 6.17. The molecule has 6 nitrogen and oxygen atoms in total. The molecule has 0 aliphatic rings. The Morgan fingerprint density at radius 3 is 2.37 bits per heavy atom. The Morgan fingerprint density at radius 2 is 1.71 bits per heavy atom. The fourth-order valence-corrected chi connectivity index (χ4v) is 5.01. The van der Waals surface area contributed by atoms with Crippen molar-refractivity contribution in [1.29, 1.82) is 0 Å². The van der Waals surface area contributed by atoms with Crippen LogP contribution in [0.3, 0.4) is 0 Å². The van der Waals surface area contributed by atoms with Crippen LogP contribution in [0.25, 0.3) is 10.9 Å². The predicted octanol–water partition coefficient (Wildman–Crippen LogP) is 6.65. The molecule has 0 fully saturated rings. The number of carboxylic acid groups (broad SMARTS) is 1. The minimum absolute atomic E-state index is 0.0352. The third-order valence-electron chi connectivity index (χ3n) is 6.62. The van der Waals surface area contributed by atoms with Crippen molar-refractivity contribution in [1.82, 2.24) is 15.3 Å². The fourth-order valence-electron chi connectivity index (χ4n) is 4.88. The summed E-state index contributed by atoms with van der Waals surface area (Å²) in [6.45, 7) is 4.02. The van der Waals surface area contributed by atoms with E-state index in [1.54, 1.807) is 12.1 Å². The van der Waals surface area contributed by atoms with Gasteiger partial charge in [0.15, 0.2) is 0 Å². The summed E-state index contributed by atoms with van der Waals surface area (Å²) in [5.41, 5.74) is 4.24. The second-order valence-electron chi connectivity index (χ2n) is 9.35. The molecule has 0 aliphatic carbocycles. The van der Waals surface area contributed by atoms with E-state index in [1.165, 1.54) is 12.4 Å². The van der Waals surface area contributed by atoms with Crippen molar-refractivity contribution < 1.29 is 19.1 Å². The molecule has 196 valence electrons. The van der Waals surface area contributed by atoms with Crippen LogP contribution < -0.4 is 5.32 Å². The first kappa shape index (κ1) is 27.2. The van der Waals surface area contributed by atoms with Gasteiger partial charge >= 0.3 is 5.97 Å². The standard InChI is InChI=1S/C30H29ClFN3O3/c1-3-4-23(19-5-7-21(8-6-19)30(38)33-14-13-26(36)37)27(20-9-11-22(31)12-10-20)29-24-15-18(2)16-25(32)28(24)34-17-35-29/h5-12,15-17,23,27H,3-4,13-14H2,1-2H3,(H,33,38)(H,36,37)/t23-,27?/m1/s1. The highest BCUT2D eigenvalue weighted by molar-refractivity contribution is 6.30. The molecule has 0 bridgehead atoms. The highest BCUT2D eigenvalue weighted by Gasteiger charge is 2.29. The molecule has 0 spiro atoms. The van der Waals surface area contributed by atoms with E-state index < -0.39 is 5.97 Å². The number of halogens is 2. The predicted molar refractivity (Wildman–Crippen MR) is 146 cm³/mol. The summed E-state index contributed by atoms with van der Waals surface area (Å²) < 4.78 is 14.9. The van der Waals surface area contributed by atoms with Gasteiger partial charge in [-0.15, -0.1) is 0 Å². The van der Waals surface area contributed by atoms with Crippen LogP contribution in [0.2, 0.25) is 5.02 Å². The van der Waals surface area contributed by atoms with Crippen LogP contribution in [0.4, 0.5) is 4.39 Å². The number of hydrogen-bond acceptors (Lipinski definition) is 4. The summed E-state index contributed by atoms with van der Waals surface area (Å²) in [6.07, 6.45) is 2.98. The van der Waals surface area contributed by atoms with Gasteiger partial charge in [0.25, 0.3) is 5.91 Å². The Kier molecular flexibility index (Phi) is 8.69. The van der Waals surface area contributed by atoms with Crippen LogP contribution in [-0.2, 0) is 4.79 Å². The second-order valence-corrected chi connectivity index (χ2v) is 9.78. The van der Waals surface area contributed by atoms with E-state index in [9.17, 15) is 14.0 Å². The van der Waals surface area contributed by atoms with Gasteiger partial charge in [0.2, 0.25) is 0 Å². The quantitative estimate of drug-likeness (QED) is 0.238. The molecule has 1 heterocycles. The smallest absolute Gasteiger partial charge is 0.305 e. The number of carboxylic acids is 1. The Labute approximate surface area is 225 Å². The van der Waals surface area contributed by atoms with E-state index in [0.717, 1.165) is 35.2 Å². The molecule has 4 aromatic rings. The number of hydrogen-bond donors (Lipinski definition) is 2. The molecule has 8 heteroatoms. The van der Waals surface area contributed by atoms with Gasteiger partial charge in [-0.05, 0) is 72.4 Å². The number of carbonyl (C=O) groups is 2. The largest absolute Gasteiger partial charge is 0.481 e. The van der Waals surface area contributed by atoms with Crippen LogP contribution in [0.1, 0.15) is 70.8 Å². The van der Waals surface area contributed by atoms with Crippen molar-refractivity contribution >= 4 is 34.4 Å². The molecule has 2 atom stereocenters. The van der Waals surface area contributed by atoms with Gasteiger partial charge < -0.3 is 10.4 Å². The number of amides is 1. The molecule has 1 amide bonds. The zero-order valence-electron chi connectivity index (χ0n) is 21.2. The maximum Gasteiger partial charge on any atom is 0.305 e. The normalized spacial score (nSPS) is 12.7. The average molecular weight is 534 g/mol. The molecule has 0 saturated carbocycles. The van der Waals surface area contributed by atoms with Gasteiger partial charge in [0, 0.05) is 28.4 Å². The van der Waals surface area contributed by atoms with Crippen LogP contribution in [0.15, 0.2) is 67.0 Å². The van der Waals surface area contributed by atoms with Crippen molar-refractivity contribution in [2.45, 2.75) is 44.9 Å². The molecule has 0 saturated heterocycles. The van der Waals surface area contributed by atoms with Crippen molar-refractivity contribution in [3.8, 4) is 0 Å². The van der Waals surface area contributed by atoms with Gasteiger partial charge in [-0.3, -0.25) is 9.59 Å². The summed E-state index contributed by atoms with van der Waals surface area (Å²) in [5.74, 6) is -1.94. The lowest BCUT2D eigenvalue weighted by Crippen LogP contribution is -2.26. The summed E-state index contributed by atoms with van der Waals surface area (Å²) in [4.78, 5) is 32.1. The van der Waals surface area contributed by atoms with E-state index in [0.29, 0.717) is 16.0 Å². The SMILES string of the molecule is CCC[C@H](c1ccc(C(=O)NCCC(=O)O)cc1)C(c1ccc(Cl)cc1)c1ncnc2c(F)cc(C)cc12. The molecule has 0 aliphatic heterocycles. The molecule has 0 radical (unpaired) electrons. The zero-order chi connectivity index (χ0) is 27.2. The monoisotopic (exact) mass is 533 g/mol.